The van der Waals surface area contributed by atoms with Crippen molar-refractivity contribution in [2.45, 2.75) is 64.3 Å². The van der Waals surface area contributed by atoms with Crippen molar-refractivity contribution < 1.29 is 19.1 Å². The Kier molecular flexibility index (Phi) is 7.36. The van der Waals surface area contributed by atoms with Crippen molar-refractivity contribution in [1.82, 2.24) is 24.9 Å². The Balaban J connectivity index is 1.50. The molecule has 9 nitrogen and oxygen atoms in total. The van der Waals surface area contributed by atoms with Gasteiger partial charge in [0.1, 0.15) is 6.04 Å². The van der Waals surface area contributed by atoms with Gasteiger partial charge in [0.15, 0.2) is 5.69 Å². The zero-order chi connectivity index (χ0) is 23.4. The van der Waals surface area contributed by atoms with Crippen LogP contribution in [-0.4, -0.2) is 82.7 Å². The molecule has 1 spiro atoms. The van der Waals surface area contributed by atoms with E-state index in [2.05, 4.69) is 10.4 Å². The average Bonchev–Trinajstić information content (AvgIpc) is 3.43. The summed E-state index contributed by atoms with van der Waals surface area (Å²) in [6.45, 7) is 5.30. The lowest BCUT2D eigenvalue weighted by Gasteiger charge is -2.43. The zero-order valence-electron chi connectivity index (χ0n) is 20.0. The van der Waals surface area contributed by atoms with Gasteiger partial charge in [-0.05, 0) is 51.5 Å². The Bertz CT molecular complexity index is 855. The summed E-state index contributed by atoms with van der Waals surface area (Å²) < 4.78 is 7.35. The Hall–Kier alpha value is -2.42. The van der Waals surface area contributed by atoms with Gasteiger partial charge in [-0.2, -0.15) is 5.10 Å². The summed E-state index contributed by atoms with van der Waals surface area (Å²) in [5.74, 6) is -0.0403. The number of nitrogens with zero attached hydrogens (tertiary/aromatic N) is 4. The molecule has 182 valence electrons. The van der Waals surface area contributed by atoms with Crippen LogP contribution in [-0.2, 0) is 21.4 Å². The molecule has 3 aliphatic rings. The second-order valence-electron chi connectivity index (χ2n) is 9.74. The number of carbonyl (C=O) groups excluding carboxylic acids is 3. The first-order chi connectivity index (χ1) is 15.9. The van der Waals surface area contributed by atoms with Gasteiger partial charge in [0.2, 0.25) is 11.8 Å². The van der Waals surface area contributed by atoms with Crippen molar-refractivity contribution in [2.24, 2.45) is 12.5 Å². The summed E-state index contributed by atoms with van der Waals surface area (Å²) >= 11 is 0. The molecule has 3 fully saturated rings. The van der Waals surface area contributed by atoms with Crippen molar-refractivity contribution in [3.63, 3.8) is 0 Å². The van der Waals surface area contributed by atoms with Crippen LogP contribution in [0.5, 0.6) is 0 Å². The lowest BCUT2D eigenvalue weighted by Crippen LogP contribution is -2.55. The molecule has 0 radical (unpaired) electrons. The molecule has 1 N–H and O–H groups in total. The summed E-state index contributed by atoms with van der Waals surface area (Å²) in [7, 11) is 1.83. The van der Waals surface area contributed by atoms with Gasteiger partial charge < -0.3 is 19.9 Å². The quantitative estimate of drug-likeness (QED) is 0.689. The van der Waals surface area contributed by atoms with Crippen LogP contribution in [0.3, 0.4) is 0 Å². The van der Waals surface area contributed by atoms with E-state index in [4.69, 9.17) is 4.74 Å². The van der Waals surface area contributed by atoms with Crippen LogP contribution in [0.25, 0.3) is 0 Å². The van der Waals surface area contributed by atoms with E-state index in [-0.39, 0.29) is 17.7 Å². The molecule has 0 aromatic carbocycles. The molecule has 0 bridgehead atoms. The highest BCUT2D eigenvalue weighted by Gasteiger charge is 2.47. The van der Waals surface area contributed by atoms with E-state index in [1.54, 1.807) is 4.68 Å². The third-order valence-electron chi connectivity index (χ3n) is 7.60. The lowest BCUT2D eigenvalue weighted by molar-refractivity contribution is -0.150. The third kappa shape index (κ3) is 5.08. The molecule has 3 aliphatic heterocycles. The van der Waals surface area contributed by atoms with Crippen LogP contribution in [0.1, 0.15) is 67.5 Å². The molecule has 0 unspecified atom stereocenters. The summed E-state index contributed by atoms with van der Waals surface area (Å²) in [6, 6.07) is 1.42. The number of ether oxygens (including phenoxy) is 1. The molecule has 1 aromatic heterocycles. The number of fused-ring (bicyclic) bond motifs is 1. The Labute approximate surface area is 195 Å². The second-order valence-corrected chi connectivity index (χ2v) is 9.74. The van der Waals surface area contributed by atoms with E-state index >= 15 is 0 Å². The smallest absolute Gasteiger partial charge is 0.274 e. The van der Waals surface area contributed by atoms with Crippen LogP contribution < -0.4 is 5.32 Å². The standard InChI is InChI=1S/C24H37N5O4/c1-18-17-19(26-27(18)2)22(31)28-13-9-24(10-14-28)8-4-3-5-15-33-16-11-25-21(30)20-7-6-12-29(20)23(24)32/h17,20H,3-16H2,1-2H3,(H,25,30)/t20-/m0/s1. The first kappa shape index (κ1) is 23.7. The molecule has 0 saturated carbocycles. The van der Waals surface area contributed by atoms with Crippen LogP contribution in [0, 0.1) is 12.3 Å². The lowest BCUT2D eigenvalue weighted by atomic mass is 9.73. The summed E-state index contributed by atoms with van der Waals surface area (Å²) in [4.78, 5) is 43.4. The fourth-order valence-electron chi connectivity index (χ4n) is 5.43. The van der Waals surface area contributed by atoms with Crippen molar-refractivity contribution in [1.29, 1.82) is 0 Å². The topological polar surface area (TPSA) is 96.8 Å². The SMILES string of the molecule is Cc1cc(C(=O)N2CCC3(CCCCCOCCNC(=O)[C@@H]4CCCN4C3=O)CC2)nn1C. The van der Waals surface area contributed by atoms with E-state index in [0.29, 0.717) is 64.3 Å². The zero-order valence-corrected chi connectivity index (χ0v) is 20.0. The van der Waals surface area contributed by atoms with Crippen molar-refractivity contribution in [3.8, 4) is 0 Å². The molecular weight excluding hydrogens is 422 g/mol. The van der Waals surface area contributed by atoms with Gasteiger partial charge in [0.25, 0.3) is 5.91 Å². The average molecular weight is 460 g/mol. The maximum Gasteiger partial charge on any atom is 0.274 e. The summed E-state index contributed by atoms with van der Waals surface area (Å²) in [5.41, 5.74) is 0.889. The number of hydrogen-bond acceptors (Lipinski definition) is 5. The van der Waals surface area contributed by atoms with Crippen molar-refractivity contribution in [3.05, 3.63) is 17.5 Å². The van der Waals surface area contributed by atoms with Crippen LogP contribution in [0.4, 0.5) is 0 Å². The Morgan fingerprint density at radius 3 is 2.61 bits per heavy atom. The normalized spacial score (nSPS) is 25.0. The molecule has 3 amide bonds. The molecule has 1 aromatic rings. The monoisotopic (exact) mass is 459 g/mol. The minimum Gasteiger partial charge on any atom is -0.380 e. The third-order valence-corrected chi connectivity index (χ3v) is 7.60. The van der Waals surface area contributed by atoms with E-state index < -0.39 is 11.5 Å². The highest BCUT2D eigenvalue weighted by Crippen LogP contribution is 2.41. The van der Waals surface area contributed by atoms with Gasteiger partial charge in [0.05, 0.1) is 12.0 Å². The first-order valence-electron chi connectivity index (χ1n) is 12.4. The highest BCUT2D eigenvalue weighted by atomic mass is 16.5. The molecular formula is C24H37N5O4. The number of rotatable bonds is 1. The molecule has 4 rings (SSSR count). The van der Waals surface area contributed by atoms with Crippen LogP contribution in [0.15, 0.2) is 6.07 Å². The maximum absolute atomic E-state index is 13.9. The van der Waals surface area contributed by atoms with Gasteiger partial charge in [-0.1, -0.05) is 12.8 Å². The molecule has 9 heteroatoms. The fraction of sp³-hybridized carbons (Fsp3) is 0.750. The maximum atomic E-state index is 13.9. The highest BCUT2D eigenvalue weighted by molar-refractivity contribution is 5.93. The summed E-state index contributed by atoms with van der Waals surface area (Å²) in [6.07, 6.45) is 6.52. The van der Waals surface area contributed by atoms with E-state index in [1.807, 2.05) is 29.8 Å². The molecule has 0 aliphatic carbocycles. The Morgan fingerprint density at radius 1 is 1.09 bits per heavy atom. The minimum absolute atomic E-state index is 0.0718. The number of likely N-dealkylation sites (tertiary alicyclic amines) is 1. The van der Waals surface area contributed by atoms with Crippen molar-refractivity contribution >= 4 is 17.7 Å². The minimum atomic E-state index is -0.509. The molecule has 33 heavy (non-hydrogen) atoms. The van der Waals surface area contributed by atoms with Gasteiger partial charge in [0, 0.05) is 45.5 Å². The van der Waals surface area contributed by atoms with Gasteiger partial charge in [-0.3, -0.25) is 19.1 Å². The number of nitrogens with one attached hydrogen (secondary N) is 1. The molecule has 3 saturated heterocycles. The van der Waals surface area contributed by atoms with Gasteiger partial charge in [-0.25, -0.2) is 0 Å². The number of piperidine rings is 1. The molecule has 4 heterocycles. The van der Waals surface area contributed by atoms with Gasteiger partial charge >= 0.3 is 0 Å². The Morgan fingerprint density at radius 2 is 1.88 bits per heavy atom. The van der Waals surface area contributed by atoms with Crippen LogP contribution >= 0.6 is 0 Å². The first-order valence-corrected chi connectivity index (χ1v) is 12.4. The number of amides is 3. The number of hydrogen-bond donors (Lipinski definition) is 1. The predicted molar refractivity (Wildman–Crippen MR) is 123 cm³/mol. The van der Waals surface area contributed by atoms with E-state index in [0.717, 1.165) is 37.8 Å². The predicted octanol–water partition coefficient (Wildman–Crippen LogP) is 1.65. The van der Waals surface area contributed by atoms with Gasteiger partial charge in [-0.15, -0.1) is 0 Å². The summed E-state index contributed by atoms with van der Waals surface area (Å²) in [5, 5.41) is 7.28. The van der Waals surface area contributed by atoms with Crippen LogP contribution in [0.2, 0.25) is 0 Å². The van der Waals surface area contributed by atoms with E-state index in [9.17, 15) is 14.4 Å². The number of aryl methyl sites for hydroxylation is 2. The number of aromatic nitrogens is 2. The largest absolute Gasteiger partial charge is 0.380 e. The molecule has 1 atom stereocenters. The number of carbonyl (C=O) groups is 3. The van der Waals surface area contributed by atoms with Crippen molar-refractivity contribution in [2.75, 3.05) is 39.4 Å². The second kappa shape index (κ2) is 10.2. The van der Waals surface area contributed by atoms with E-state index in [1.165, 1.54) is 0 Å². The fourth-order valence-corrected chi connectivity index (χ4v) is 5.43.